The van der Waals surface area contributed by atoms with Crippen molar-refractivity contribution < 1.29 is 9.53 Å². The van der Waals surface area contributed by atoms with Crippen molar-refractivity contribution in [3.05, 3.63) is 29.1 Å². The number of ether oxygens (including phenoxy) is 1. The van der Waals surface area contributed by atoms with E-state index < -0.39 is 11.6 Å². The van der Waals surface area contributed by atoms with Gasteiger partial charge >= 0.3 is 5.97 Å². The van der Waals surface area contributed by atoms with Gasteiger partial charge in [-0.25, -0.2) is 4.79 Å². The smallest absolute Gasteiger partial charge is 0.340 e. The molecule has 0 aliphatic rings. The number of aromatic nitrogens is 1. The molecular weight excluding hydrogens is 204 g/mol. The number of nitriles is 1. The van der Waals surface area contributed by atoms with E-state index in [1.807, 2.05) is 6.07 Å². The SMILES string of the molecule is Cc1ncc(C#N)cc1C(=O)OC(C)(C)C. The van der Waals surface area contributed by atoms with Crippen LogP contribution in [0.1, 0.15) is 42.4 Å². The molecule has 0 N–H and O–H groups in total. The number of pyridine rings is 1. The largest absolute Gasteiger partial charge is 0.456 e. The molecular formula is C12H14N2O2. The molecule has 16 heavy (non-hydrogen) atoms. The molecule has 0 spiro atoms. The second-order valence-corrected chi connectivity index (χ2v) is 4.47. The van der Waals surface area contributed by atoms with E-state index in [1.54, 1.807) is 27.7 Å². The lowest BCUT2D eigenvalue weighted by molar-refractivity contribution is 0.00682. The second kappa shape index (κ2) is 4.31. The molecule has 0 radical (unpaired) electrons. The normalized spacial score (nSPS) is 10.7. The zero-order chi connectivity index (χ0) is 12.3. The van der Waals surface area contributed by atoms with Crippen molar-refractivity contribution in [1.82, 2.24) is 4.98 Å². The van der Waals surface area contributed by atoms with Crippen LogP contribution in [-0.4, -0.2) is 16.6 Å². The standard InChI is InChI=1S/C12H14N2O2/c1-8-10(5-9(6-13)7-14-8)11(15)16-12(2,3)4/h5,7H,1-4H3. The van der Waals surface area contributed by atoms with Crippen LogP contribution in [-0.2, 0) is 4.74 Å². The summed E-state index contributed by atoms with van der Waals surface area (Å²) in [4.78, 5) is 15.8. The third kappa shape index (κ3) is 3.06. The van der Waals surface area contributed by atoms with E-state index in [2.05, 4.69) is 4.98 Å². The molecule has 4 heteroatoms. The lowest BCUT2D eigenvalue weighted by Gasteiger charge is -2.19. The first kappa shape index (κ1) is 12.2. The number of nitrogens with zero attached hydrogens (tertiary/aromatic N) is 2. The molecule has 0 atom stereocenters. The number of carbonyl (C=O) groups excluding carboxylic acids is 1. The Hall–Kier alpha value is -1.89. The summed E-state index contributed by atoms with van der Waals surface area (Å²) in [5, 5.41) is 8.73. The van der Waals surface area contributed by atoms with Gasteiger partial charge in [0.15, 0.2) is 0 Å². The fourth-order valence-electron chi connectivity index (χ4n) is 1.13. The van der Waals surface area contributed by atoms with Crippen molar-refractivity contribution in [3.63, 3.8) is 0 Å². The molecule has 0 unspecified atom stereocenters. The summed E-state index contributed by atoms with van der Waals surface area (Å²) in [5.41, 5.74) is 0.709. The quantitative estimate of drug-likeness (QED) is 0.678. The number of hydrogen-bond donors (Lipinski definition) is 0. The molecule has 1 aromatic heterocycles. The first-order valence-electron chi connectivity index (χ1n) is 4.93. The average molecular weight is 218 g/mol. The van der Waals surface area contributed by atoms with Crippen LogP contribution in [0.3, 0.4) is 0 Å². The van der Waals surface area contributed by atoms with Crippen molar-refractivity contribution in [2.24, 2.45) is 0 Å². The van der Waals surface area contributed by atoms with Crippen LogP contribution in [0.25, 0.3) is 0 Å². The predicted octanol–water partition coefficient (Wildman–Crippen LogP) is 2.22. The van der Waals surface area contributed by atoms with Crippen molar-refractivity contribution >= 4 is 5.97 Å². The van der Waals surface area contributed by atoms with E-state index in [-0.39, 0.29) is 0 Å². The van der Waals surface area contributed by atoms with Crippen molar-refractivity contribution in [1.29, 1.82) is 5.26 Å². The van der Waals surface area contributed by atoms with Crippen LogP contribution < -0.4 is 0 Å². The van der Waals surface area contributed by atoms with Gasteiger partial charge in [-0.05, 0) is 33.8 Å². The predicted molar refractivity (Wildman–Crippen MR) is 58.9 cm³/mol. The van der Waals surface area contributed by atoms with Crippen LogP contribution in [0.15, 0.2) is 12.3 Å². The number of carbonyl (C=O) groups is 1. The van der Waals surface area contributed by atoms with Gasteiger partial charge in [0.05, 0.1) is 16.8 Å². The van der Waals surface area contributed by atoms with Gasteiger partial charge in [0.1, 0.15) is 11.7 Å². The van der Waals surface area contributed by atoms with Crippen LogP contribution in [0, 0.1) is 18.3 Å². The molecule has 84 valence electrons. The monoisotopic (exact) mass is 218 g/mol. The van der Waals surface area contributed by atoms with Gasteiger partial charge in [0, 0.05) is 6.20 Å². The fraction of sp³-hybridized carbons (Fsp3) is 0.417. The third-order valence-corrected chi connectivity index (χ3v) is 1.83. The zero-order valence-electron chi connectivity index (χ0n) is 9.87. The van der Waals surface area contributed by atoms with E-state index in [0.29, 0.717) is 16.8 Å². The number of esters is 1. The summed E-state index contributed by atoms with van der Waals surface area (Å²) < 4.78 is 5.22. The van der Waals surface area contributed by atoms with E-state index in [4.69, 9.17) is 10.00 Å². The van der Waals surface area contributed by atoms with Gasteiger partial charge in [0.25, 0.3) is 0 Å². The fourth-order valence-corrected chi connectivity index (χ4v) is 1.13. The molecule has 1 heterocycles. The minimum atomic E-state index is -0.549. The van der Waals surface area contributed by atoms with E-state index in [0.717, 1.165) is 0 Å². The lowest BCUT2D eigenvalue weighted by Crippen LogP contribution is -2.24. The minimum absolute atomic E-state index is 0.342. The van der Waals surface area contributed by atoms with Gasteiger partial charge in [-0.15, -0.1) is 0 Å². The van der Waals surface area contributed by atoms with Crippen molar-refractivity contribution in [2.75, 3.05) is 0 Å². The lowest BCUT2D eigenvalue weighted by atomic mass is 10.1. The highest BCUT2D eigenvalue weighted by atomic mass is 16.6. The summed E-state index contributed by atoms with van der Waals surface area (Å²) in [5.74, 6) is -0.449. The van der Waals surface area contributed by atoms with Crippen LogP contribution >= 0.6 is 0 Å². The maximum absolute atomic E-state index is 11.8. The molecule has 4 nitrogen and oxygen atoms in total. The van der Waals surface area contributed by atoms with Gasteiger partial charge in [-0.3, -0.25) is 4.98 Å². The third-order valence-electron chi connectivity index (χ3n) is 1.83. The highest BCUT2D eigenvalue weighted by Crippen LogP contribution is 2.14. The molecule has 1 rings (SSSR count). The second-order valence-electron chi connectivity index (χ2n) is 4.47. The number of aryl methyl sites for hydroxylation is 1. The molecule has 0 amide bonds. The van der Waals surface area contributed by atoms with Gasteiger partial charge in [-0.2, -0.15) is 5.26 Å². The summed E-state index contributed by atoms with van der Waals surface area (Å²) in [6.45, 7) is 7.09. The maximum Gasteiger partial charge on any atom is 0.340 e. The molecule has 0 fully saturated rings. The molecule has 0 aliphatic carbocycles. The molecule has 0 aliphatic heterocycles. The first-order valence-corrected chi connectivity index (χ1v) is 4.93. The Morgan fingerprint density at radius 1 is 1.50 bits per heavy atom. The van der Waals surface area contributed by atoms with Crippen LogP contribution in [0.4, 0.5) is 0 Å². The van der Waals surface area contributed by atoms with E-state index in [1.165, 1.54) is 12.3 Å². The van der Waals surface area contributed by atoms with Crippen molar-refractivity contribution in [2.45, 2.75) is 33.3 Å². The zero-order valence-corrected chi connectivity index (χ0v) is 9.87. The van der Waals surface area contributed by atoms with E-state index in [9.17, 15) is 4.79 Å². The molecule has 0 saturated carbocycles. The van der Waals surface area contributed by atoms with Gasteiger partial charge in [0.2, 0.25) is 0 Å². The highest BCUT2D eigenvalue weighted by Gasteiger charge is 2.20. The Morgan fingerprint density at radius 3 is 2.62 bits per heavy atom. The molecule has 0 saturated heterocycles. The maximum atomic E-state index is 11.8. The summed E-state index contributed by atoms with van der Waals surface area (Å²) in [6, 6.07) is 3.44. The minimum Gasteiger partial charge on any atom is -0.456 e. The van der Waals surface area contributed by atoms with Gasteiger partial charge < -0.3 is 4.74 Å². The van der Waals surface area contributed by atoms with Crippen LogP contribution in [0.5, 0.6) is 0 Å². The Morgan fingerprint density at radius 2 is 2.12 bits per heavy atom. The Balaban J connectivity index is 3.04. The summed E-state index contributed by atoms with van der Waals surface area (Å²) >= 11 is 0. The van der Waals surface area contributed by atoms with E-state index >= 15 is 0 Å². The average Bonchev–Trinajstić information content (AvgIpc) is 2.15. The number of rotatable bonds is 1. The first-order chi connectivity index (χ1) is 7.33. The Labute approximate surface area is 94.9 Å². The molecule has 0 bridgehead atoms. The Kier molecular flexibility index (Phi) is 3.28. The highest BCUT2D eigenvalue weighted by molar-refractivity contribution is 5.91. The summed E-state index contributed by atoms with van der Waals surface area (Å²) in [7, 11) is 0. The molecule has 1 aromatic rings. The Bertz CT molecular complexity index is 453. The molecule has 0 aromatic carbocycles. The summed E-state index contributed by atoms with van der Waals surface area (Å²) in [6.07, 6.45) is 1.43. The van der Waals surface area contributed by atoms with Gasteiger partial charge in [-0.1, -0.05) is 0 Å². The topological polar surface area (TPSA) is 63.0 Å². The van der Waals surface area contributed by atoms with Crippen LogP contribution in [0.2, 0.25) is 0 Å². The van der Waals surface area contributed by atoms with Crippen molar-refractivity contribution in [3.8, 4) is 6.07 Å². The number of hydrogen-bond acceptors (Lipinski definition) is 4.